The number of nitrogens with one attached hydrogen (secondary N) is 3. The number of nitrogens with zero attached hydrogens (tertiary/aromatic N) is 2. The second kappa shape index (κ2) is 8.14. The lowest BCUT2D eigenvalue weighted by Gasteiger charge is -2.15. The van der Waals surface area contributed by atoms with E-state index in [0.717, 1.165) is 22.3 Å². The van der Waals surface area contributed by atoms with Crippen LogP contribution < -0.4 is 14.3 Å². The van der Waals surface area contributed by atoms with Gasteiger partial charge in [-0.15, -0.1) is 0 Å². The van der Waals surface area contributed by atoms with Gasteiger partial charge in [-0.1, -0.05) is 11.6 Å². The highest BCUT2D eigenvalue weighted by Gasteiger charge is 2.20. The van der Waals surface area contributed by atoms with Crippen LogP contribution in [0.4, 0.5) is 11.4 Å². The zero-order valence-electron chi connectivity index (χ0n) is 16.3. The van der Waals surface area contributed by atoms with Gasteiger partial charge in [0.05, 0.1) is 16.4 Å². The van der Waals surface area contributed by atoms with Gasteiger partial charge in [-0.3, -0.25) is 9.10 Å². The predicted molar refractivity (Wildman–Crippen MR) is 124 cm³/mol. The van der Waals surface area contributed by atoms with Crippen LogP contribution in [0.15, 0.2) is 66.9 Å². The zero-order chi connectivity index (χ0) is 21.4. The molecule has 0 saturated carbocycles. The van der Waals surface area contributed by atoms with Crippen LogP contribution in [0.5, 0.6) is 0 Å². The number of hydrogen-bond acceptors (Lipinski definition) is 3. The Labute approximate surface area is 186 Å². The number of pyridine rings is 1. The highest BCUT2D eigenvalue weighted by Crippen LogP contribution is 2.30. The maximum Gasteiger partial charge on any atom is 0.255 e. The number of aromatic amines is 1. The van der Waals surface area contributed by atoms with Crippen LogP contribution in [0.1, 0.15) is 10.4 Å². The third kappa shape index (κ3) is 3.93. The van der Waals surface area contributed by atoms with E-state index in [1.54, 1.807) is 40.7 Å². The number of hydrogen-bond donors (Lipinski definition) is 3. The molecule has 0 spiro atoms. The van der Waals surface area contributed by atoms with Crippen molar-refractivity contribution in [2.45, 2.75) is 0 Å². The van der Waals surface area contributed by atoms with E-state index >= 15 is 0 Å². The summed E-state index contributed by atoms with van der Waals surface area (Å²) in [6.45, 7) is 1.33. The van der Waals surface area contributed by atoms with Crippen molar-refractivity contribution < 1.29 is 9.00 Å². The number of rotatable bonds is 4. The second-order valence-corrected chi connectivity index (χ2v) is 8.69. The Bertz CT molecular complexity index is 1310. The molecule has 1 aliphatic heterocycles. The lowest BCUT2D eigenvalue weighted by molar-refractivity contribution is 0.102. The molecule has 1 amide bonds. The summed E-state index contributed by atoms with van der Waals surface area (Å²) in [6, 6.07) is 18.2. The monoisotopic (exact) mass is 451 g/mol. The number of amides is 1. The van der Waals surface area contributed by atoms with Crippen LogP contribution in [0.3, 0.4) is 0 Å². The third-order valence-electron chi connectivity index (χ3n) is 5.07. The largest absolute Gasteiger partial charge is 0.346 e. The van der Waals surface area contributed by atoms with Crippen LogP contribution in [-0.2, 0) is 11.2 Å². The van der Waals surface area contributed by atoms with Crippen molar-refractivity contribution in [1.29, 1.82) is 0 Å². The minimum atomic E-state index is -1.23. The topological polar surface area (TPSA) is 90.1 Å². The molecule has 31 heavy (non-hydrogen) atoms. The molecule has 2 aromatic heterocycles. The van der Waals surface area contributed by atoms with Crippen LogP contribution in [0.2, 0.25) is 5.02 Å². The number of carbonyl (C=O) groups is 1. The van der Waals surface area contributed by atoms with E-state index in [0.29, 0.717) is 35.1 Å². The van der Waals surface area contributed by atoms with Gasteiger partial charge in [-0.2, -0.15) is 0 Å². The first kappa shape index (κ1) is 19.7. The first-order valence-electron chi connectivity index (χ1n) is 9.67. The fraction of sp³-hybridized carbons (Fsp3) is 0.0909. The maximum absolute atomic E-state index is 12.7. The van der Waals surface area contributed by atoms with E-state index < -0.39 is 11.2 Å². The summed E-state index contributed by atoms with van der Waals surface area (Å²) in [5, 5.41) is 4.47. The molecular formula is C22H18ClN5O2S. The van der Waals surface area contributed by atoms with Gasteiger partial charge in [0.1, 0.15) is 5.65 Å². The highest BCUT2D eigenvalue weighted by molar-refractivity contribution is 7.84. The molecule has 4 aromatic rings. The van der Waals surface area contributed by atoms with E-state index in [9.17, 15) is 9.00 Å². The standard InChI is InChI=1S/C22H18ClN5O2S/c23-19-7-4-16(13-18(19)20-8-3-14-9-10-24-21(14)27-20)26-22(29)15-1-5-17(6-2-15)28-12-11-25-31(28)30/h1-10,13,25H,11-12H2,(H,24,27)(H,26,29). The number of halogens is 1. The molecule has 5 rings (SSSR count). The lowest BCUT2D eigenvalue weighted by Crippen LogP contribution is -2.22. The Kier molecular flexibility index (Phi) is 5.19. The van der Waals surface area contributed by atoms with Gasteiger partial charge in [0.15, 0.2) is 11.2 Å². The van der Waals surface area contributed by atoms with Crippen molar-refractivity contribution in [2.24, 2.45) is 0 Å². The zero-order valence-corrected chi connectivity index (χ0v) is 17.8. The van der Waals surface area contributed by atoms with Crippen molar-refractivity contribution in [3.05, 3.63) is 77.4 Å². The van der Waals surface area contributed by atoms with E-state index in [-0.39, 0.29) is 5.91 Å². The van der Waals surface area contributed by atoms with E-state index in [1.165, 1.54) is 0 Å². The van der Waals surface area contributed by atoms with Crippen LogP contribution in [0, 0.1) is 0 Å². The first-order valence-corrected chi connectivity index (χ1v) is 11.2. The summed E-state index contributed by atoms with van der Waals surface area (Å²) in [6.07, 6.45) is 1.84. The normalized spacial score (nSPS) is 16.0. The minimum absolute atomic E-state index is 0.242. The minimum Gasteiger partial charge on any atom is -0.346 e. The van der Waals surface area contributed by atoms with Crippen LogP contribution in [0.25, 0.3) is 22.3 Å². The number of H-pyrrole nitrogens is 1. The molecule has 7 nitrogen and oxygen atoms in total. The van der Waals surface area contributed by atoms with Crippen molar-refractivity contribution in [1.82, 2.24) is 14.7 Å². The Morgan fingerprint density at radius 3 is 2.71 bits per heavy atom. The summed E-state index contributed by atoms with van der Waals surface area (Å²) in [5.41, 5.74) is 4.15. The summed E-state index contributed by atoms with van der Waals surface area (Å²) in [4.78, 5) is 20.4. The molecule has 0 aliphatic carbocycles. The summed E-state index contributed by atoms with van der Waals surface area (Å²) < 4.78 is 16.5. The smallest absolute Gasteiger partial charge is 0.255 e. The molecule has 1 atom stereocenters. The molecule has 0 radical (unpaired) electrons. The van der Waals surface area contributed by atoms with Gasteiger partial charge in [-0.25, -0.2) is 13.9 Å². The molecule has 1 fully saturated rings. The Balaban J connectivity index is 1.36. The Morgan fingerprint density at radius 1 is 1.10 bits per heavy atom. The molecule has 0 bridgehead atoms. The first-order chi connectivity index (χ1) is 15.1. The molecule has 9 heteroatoms. The molecule has 1 aliphatic rings. The number of aromatic nitrogens is 2. The van der Waals surface area contributed by atoms with Gasteiger partial charge in [0.25, 0.3) is 5.91 Å². The van der Waals surface area contributed by atoms with Gasteiger partial charge >= 0.3 is 0 Å². The van der Waals surface area contributed by atoms with Crippen molar-refractivity contribution >= 4 is 51.1 Å². The Hall–Kier alpha value is -3.20. The molecule has 2 aromatic carbocycles. The van der Waals surface area contributed by atoms with Gasteiger partial charge in [0, 0.05) is 41.5 Å². The van der Waals surface area contributed by atoms with E-state index in [1.807, 2.05) is 30.5 Å². The van der Waals surface area contributed by atoms with E-state index in [4.69, 9.17) is 11.6 Å². The average molecular weight is 452 g/mol. The number of benzene rings is 2. The maximum atomic E-state index is 12.7. The number of carbonyl (C=O) groups excluding carboxylic acids is 1. The third-order valence-corrected chi connectivity index (χ3v) is 6.64. The van der Waals surface area contributed by atoms with Gasteiger partial charge in [-0.05, 0) is 60.7 Å². The molecule has 156 valence electrons. The van der Waals surface area contributed by atoms with Crippen molar-refractivity contribution in [3.8, 4) is 11.3 Å². The molecular weight excluding hydrogens is 434 g/mol. The van der Waals surface area contributed by atoms with Gasteiger partial charge < -0.3 is 10.3 Å². The predicted octanol–water partition coefficient (Wildman–Crippen LogP) is 4.12. The molecule has 1 saturated heterocycles. The quantitative estimate of drug-likeness (QED) is 0.436. The van der Waals surface area contributed by atoms with Gasteiger partial charge in [0.2, 0.25) is 0 Å². The SMILES string of the molecule is O=C(Nc1ccc(Cl)c(-c2ccc3cc[nH]c3n2)c1)c1ccc(N2CCNS2=O)cc1. The van der Waals surface area contributed by atoms with E-state index in [2.05, 4.69) is 20.0 Å². The van der Waals surface area contributed by atoms with Crippen LogP contribution >= 0.6 is 11.6 Å². The molecule has 3 N–H and O–H groups in total. The number of anilines is 2. The summed E-state index contributed by atoms with van der Waals surface area (Å²) >= 11 is 5.18. The molecule has 3 heterocycles. The highest BCUT2D eigenvalue weighted by atomic mass is 35.5. The average Bonchev–Trinajstić information content (AvgIpc) is 3.43. The van der Waals surface area contributed by atoms with Crippen molar-refractivity contribution in [3.63, 3.8) is 0 Å². The fourth-order valence-corrected chi connectivity index (χ4v) is 4.69. The summed E-state index contributed by atoms with van der Waals surface area (Å²) in [5.74, 6) is -0.242. The number of fused-ring (bicyclic) bond motifs is 1. The lowest BCUT2D eigenvalue weighted by atomic mass is 10.1. The Morgan fingerprint density at radius 2 is 1.94 bits per heavy atom. The fourth-order valence-electron chi connectivity index (χ4n) is 3.48. The second-order valence-electron chi connectivity index (χ2n) is 7.05. The molecule has 1 unspecified atom stereocenters. The van der Waals surface area contributed by atoms with Crippen LogP contribution in [-0.4, -0.2) is 33.2 Å². The van der Waals surface area contributed by atoms with Crippen molar-refractivity contribution in [2.75, 3.05) is 22.7 Å². The summed E-state index contributed by atoms with van der Waals surface area (Å²) in [7, 11) is 0.